The number of rotatable bonds is 5. The molecule has 0 aromatic heterocycles. The number of carbonyl (C=O) groups is 1. The Morgan fingerprint density at radius 1 is 1.00 bits per heavy atom. The zero-order valence-corrected chi connectivity index (χ0v) is 12.3. The lowest BCUT2D eigenvalue weighted by atomic mass is 10.1. The van der Waals surface area contributed by atoms with E-state index in [0.717, 1.165) is 12.1 Å². The van der Waals surface area contributed by atoms with Crippen molar-refractivity contribution in [1.82, 2.24) is 0 Å². The zero-order valence-electron chi connectivity index (χ0n) is 11.5. The van der Waals surface area contributed by atoms with E-state index in [2.05, 4.69) is 0 Å². The number of nitro benzene ring substituents is 2. The van der Waals surface area contributed by atoms with Crippen LogP contribution in [0.25, 0.3) is 6.08 Å². The molecule has 0 heterocycles. The molecule has 0 aliphatic heterocycles. The van der Waals surface area contributed by atoms with Gasteiger partial charge in [-0.1, -0.05) is 23.7 Å². The number of nitro groups is 2. The SMILES string of the molecule is O=C(C=Cc1ccccc1[N+](=O)[O-])c1ccc(Cl)c([N+](=O)[O-])c1. The van der Waals surface area contributed by atoms with Gasteiger partial charge in [0, 0.05) is 17.7 Å². The highest BCUT2D eigenvalue weighted by Gasteiger charge is 2.15. The smallest absolute Gasteiger partial charge is 0.288 e. The first kappa shape index (κ1) is 16.3. The number of para-hydroxylation sites is 1. The molecule has 0 aliphatic rings. The summed E-state index contributed by atoms with van der Waals surface area (Å²) in [6.45, 7) is 0. The number of nitrogens with zero attached hydrogens (tertiary/aromatic N) is 2. The van der Waals surface area contributed by atoms with Gasteiger partial charge >= 0.3 is 0 Å². The minimum absolute atomic E-state index is 0.0657. The molecule has 0 spiro atoms. The summed E-state index contributed by atoms with van der Waals surface area (Å²) in [6, 6.07) is 9.59. The maximum atomic E-state index is 12.1. The number of benzene rings is 2. The molecule has 2 rings (SSSR count). The Morgan fingerprint density at radius 3 is 2.30 bits per heavy atom. The van der Waals surface area contributed by atoms with E-state index < -0.39 is 15.6 Å². The second-order valence-electron chi connectivity index (χ2n) is 4.44. The Bertz CT molecular complexity index is 832. The van der Waals surface area contributed by atoms with Crippen LogP contribution in [0.3, 0.4) is 0 Å². The molecule has 8 heteroatoms. The second kappa shape index (κ2) is 6.80. The van der Waals surface area contributed by atoms with Gasteiger partial charge in [-0.3, -0.25) is 25.0 Å². The first-order chi connectivity index (χ1) is 10.9. The molecule has 0 bridgehead atoms. The molecule has 0 radical (unpaired) electrons. The normalized spacial score (nSPS) is 10.7. The summed E-state index contributed by atoms with van der Waals surface area (Å²) in [5.74, 6) is -0.525. The van der Waals surface area contributed by atoms with E-state index in [1.807, 2.05) is 0 Å². The number of halogens is 1. The van der Waals surface area contributed by atoms with E-state index in [1.54, 1.807) is 6.07 Å². The van der Waals surface area contributed by atoms with E-state index in [-0.39, 0.29) is 27.5 Å². The van der Waals surface area contributed by atoms with Crippen molar-refractivity contribution in [3.05, 3.63) is 84.9 Å². The third kappa shape index (κ3) is 3.78. The van der Waals surface area contributed by atoms with Gasteiger partial charge in [0.1, 0.15) is 5.02 Å². The number of ketones is 1. The van der Waals surface area contributed by atoms with Crippen LogP contribution in [0.5, 0.6) is 0 Å². The van der Waals surface area contributed by atoms with Gasteiger partial charge in [-0.2, -0.15) is 0 Å². The van der Waals surface area contributed by atoms with E-state index in [1.165, 1.54) is 36.4 Å². The van der Waals surface area contributed by atoms with Crippen LogP contribution >= 0.6 is 11.6 Å². The molecule has 23 heavy (non-hydrogen) atoms. The standard InChI is InChI=1S/C15H9ClN2O5/c16-12-7-5-11(9-14(12)18(22)23)15(19)8-6-10-3-1-2-4-13(10)17(20)21/h1-9H. The van der Waals surface area contributed by atoms with Crippen LogP contribution in [0.4, 0.5) is 11.4 Å². The van der Waals surface area contributed by atoms with Crippen LogP contribution in [0, 0.1) is 20.2 Å². The van der Waals surface area contributed by atoms with Gasteiger partial charge in [-0.25, -0.2) is 0 Å². The third-order valence-electron chi connectivity index (χ3n) is 2.98. The summed E-state index contributed by atoms with van der Waals surface area (Å²) >= 11 is 5.68. The van der Waals surface area contributed by atoms with Crippen molar-refractivity contribution >= 4 is 34.8 Å². The van der Waals surface area contributed by atoms with Crippen molar-refractivity contribution in [2.45, 2.75) is 0 Å². The van der Waals surface area contributed by atoms with Gasteiger partial charge in [-0.15, -0.1) is 0 Å². The first-order valence-corrected chi connectivity index (χ1v) is 6.67. The van der Waals surface area contributed by atoms with Gasteiger partial charge in [0.25, 0.3) is 11.4 Å². The molecule has 0 atom stereocenters. The summed E-state index contributed by atoms with van der Waals surface area (Å²) in [4.78, 5) is 32.5. The minimum Gasteiger partial charge on any atom is -0.289 e. The molecular formula is C15H9ClN2O5. The van der Waals surface area contributed by atoms with Crippen LogP contribution < -0.4 is 0 Å². The van der Waals surface area contributed by atoms with Crippen molar-refractivity contribution < 1.29 is 14.6 Å². The van der Waals surface area contributed by atoms with E-state index in [0.29, 0.717) is 0 Å². The molecule has 0 unspecified atom stereocenters. The predicted octanol–water partition coefficient (Wildman–Crippen LogP) is 4.05. The average molecular weight is 333 g/mol. The Morgan fingerprint density at radius 2 is 1.65 bits per heavy atom. The van der Waals surface area contributed by atoms with E-state index in [4.69, 9.17) is 11.6 Å². The number of hydrogen-bond donors (Lipinski definition) is 0. The maximum Gasteiger partial charge on any atom is 0.288 e. The van der Waals surface area contributed by atoms with Crippen LogP contribution in [-0.2, 0) is 0 Å². The van der Waals surface area contributed by atoms with Crippen molar-refractivity contribution in [2.24, 2.45) is 0 Å². The monoisotopic (exact) mass is 332 g/mol. The lowest BCUT2D eigenvalue weighted by molar-refractivity contribution is -0.385. The van der Waals surface area contributed by atoms with Gasteiger partial charge < -0.3 is 0 Å². The maximum absolute atomic E-state index is 12.1. The quantitative estimate of drug-likeness (QED) is 0.355. The van der Waals surface area contributed by atoms with Crippen LogP contribution in [0.1, 0.15) is 15.9 Å². The first-order valence-electron chi connectivity index (χ1n) is 6.30. The van der Waals surface area contributed by atoms with Crippen molar-refractivity contribution in [2.75, 3.05) is 0 Å². The molecule has 0 fully saturated rings. The topological polar surface area (TPSA) is 103 Å². The van der Waals surface area contributed by atoms with Gasteiger partial charge in [0.15, 0.2) is 5.78 Å². The lowest BCUT2D eigenvalue weighted by Crippen LogP contribution is -1.97. The molecule has 0 saturated carbocycles. The molecule has 0 saturated heterocycles. The van der Waals surface area contributed by atoms with Gasteiger partial charge in [0.05, 0.1) is 15.4 Å². The van der Waals surface area contributed by atoms with Crippen LogP contribution in [0.15, 0.2) is 48.5 Å². The molecule has 7 nitrogen and oxygen atoms in total. The Hall–Kier alpha value is -3.06. The van der Waals surface area contributed by atoms with Crippen molar-refractivity contribution in [3.63, 3.8) is 0 Å². The van der Waals surface area contributed by atoms with Gasteiger partial charge in [0.2, 0.25) is 0 Å². The molecule has 2 aromatic carbocycles. The number of carbonyl (C=O) groups excluding carboxylic acids is 1. The molecular weight excluding hydrogens is 324 g/mol. The Labute approximate surface area is 135 Å². The minimum atomic E-state index is -0.690. The average Bonchev–Trinajstić information content (AvgIpc) is 2.52. The molecule has 0 aliphatic carbocycles. The van der Waals surface area contributed by atoms with Crippen molar-refractivity contribution in [3.8, 4) is 0 Å². The fourth-order valence-electron chi connectivity index (χ4n) is 1.86. The fourth-order valence-corrected chi connectivity index (χ4v) is 2.05. The highest BCUT2D eigenvalue weighted by Crippen LogP contribution is 2.26. The van der Waals surface area contributed by atoms with Crippen LogP contribution in [0.2, 0.25) is 5.02 Å². The summed E-state index contributed by atoms with van der Waals surface area (Å²) in [5.41, 5.74) is -0.194. The van der Waals surface area contributed by atoms with Crippen molar-refractivity contribution in [1.29, 1.82) is 0 Å². The molecule has 0 amide bonds. The summed E-state index contributed by atoms with van der Waals surface area (Å²) < 4.78 is 0. The predicted molar refractivity (Wildman–Crippen MR) is 84.6 cm³/mol. The Balaban J connectivity index is 2.31. The summed E-state index contributed by atoms with van der Waals surface area (Å²) in [7, 11) is 0. The zero-order chi connectivity index (χ0) is 17.0. The fraction of sp³-hybridized carbons (Fsp3) is 0. The largest absolute Gasteiger partial charge is 0.289 e. The van der Waals surface area contributed by atoms with E-state index >= 15 is 0 Å². The van der Waals surface area contributed by atoms with Gasteiger partial charge in [-0.05, 0) is 30.4 Å². The summed E-state index contributed by atoms with van der Waals surface area (Å²) in [5, 5.41) is 21.6. The number of allylic oxidation sites excluding steroid dienone is 1. The Kier molecular flexibility index (Phi) is 4.82. The number of hydrogen-bond acceptors (Lipinski definition) is 5. The van der Waals surface area contributed by atoms with E-state index in [9.17, 15) is 25.0 Å². The summed E-state index contributed by atoms with van der Waals surface area (Å²) in [6.07, 6.45) is 2.41. The third-order valence-corrected chi connectivity index (χ3v) is 3.29. The lowest BCUT2D eigenvalue weighted by Gasteiger charge is -1.99. The highest BCUT2D eigenvalue weighted by molar-refractivity contribution is 6.32. The molecule has 116 valence electrons. The van der Waals surface area contributed by atoms with Crippen LogP contribution in [-0.4, -0.2) is 15.6 Å². The highest BCUT2D eigenvalue weighted by atomic mass is 35.5. The molecule has 0 N–H and O–H groups in total. The molecule has 2 aromatic rings. The second-order valence-corrected chi connectivity index (χ2v) is 4.84.